The molecule has 3 N–H and O–H groups in total. The highest BCUT2D eigenvalue weighted by Crippen LogP contribution is 2.22. The van der Waals surface area contributed by atoms with Gasteiger partial charge >= 0.3 is 5.97 Å². The predicted molar refractivity (Wildman–Crippen MR) is 77.7 cm³/mol. The van der Waals surface area contributed by atoms with Gasteiger partial charge < -0.3 is 15.7 Å². The standard InChI is InChI=1S/C14H20N2O3S/c17-13(4-3-10-5-6-15-9-10)16-11(8-14(18)19)12-2-1-7-20-12/h1-2,7,10-11,15H,3-6,8-9H2,(H,16,17)(H,18,19). The first-order chi connectivity index (χ1) is 9.65. The van der Waals surface area contributed by atoms with Crippen molar-refractivity contribution in [2.75, 3.05) is 13.1 Å². The molecule has 2 atom stereocenters. The average Bonchev–Trinajstić information content (AvgIpc) is 3.08. The molecule has 1 amide bonds. The minimum Gasteiger partial charge on any atom is -0.481 e. The molecule has 1 aliphatic heterocycles. The summed E-state index contributed by atoms with van der Waals surface area (Å²) in [6.45, 7) is 2.01. The van der Waals surface area contributed by atoms with Gasteiger partial charge in [-0.25, -0.2) is 0 Å². The summed E-state index contributed by atoms with van der Waals surface area (Å²) in [5, 5.41) is 17.0. The highest BCUT2D eigenvalue weighted by Gasteiger charge is 2.20. The number of rotatable bonds is 7. The van der Waals surface area contributed by atoms with Crippen LogP contribution in [0.4, 0.5) is 0 Å². The Balaban J connectivity index is 1.83. The van der Waals surface area contributed by atoms with Crippen molar-refractivity contribution in [1.82, 2.24) is 10.6 Å². The Labute approximate surface area is 122 Å². The van der Waals surface area contributed by atoms with Gasteiger partial charge in [-0.2, -0.15) is 0 Å². The zero-order valence-corrected chi connectivity index (χ0v) is 12.1. The second-order valence-electron chi connectivity index (χ2n) is 5.13. The van der Waals surface area contributed by atoms with Crippen LogP contribution >= 0.6 is 11.3 Å². The molecule has 1 fully saturated rings. The SMILES string of the molecule is O=C(O)CC(NC(=O)CCC1CCNC1)c1cccs1. The second kappa shape index (κ2) is 7.40. The Morgan fingerprint density at radius 3 is 3.00 bits per heavy atom. The van der Waals surface area contributed by atoms with Gasteiger partial charge in [-0.15, -0.1) is 11.3 Å². The predicted octanol–water partition coefficient (Wildman–Crippen LogP) is 1.77. The number of amides is 1. The van der Waals surface area contributed by atoms with Gasteiger partial charge in [-0.1, -0.05) is 6.07 Å². The van der Waals surface area contributed by atoms with Gasteiger partial charge in [0, 0.05) is 11.3 Å². The van der Waals surface area contributed by atoms with E-state index in [4.69, 9.17) is 5.11 Å². The number of carboxylic acid groups (broad SMARTS) is 1. The number of nitrogens with one attached hydrogen (secondary N) is 2. The molecule has 110 valence electrons. The minimum absolute atomic E-state index is 0.0588. The maximum Gasteiger partial charge on any atom is 0.305 e. The first-order valence-electron chi connectivity index (χ1n) is 6.90. The van der Waals surface area contributed by atoms with E-state index in [0.29, 0.717) is 12.3 Å². The third-order valence-corrected chi connectivity index (χ3v) is 4.53. The van der Waals surface area contributed by atoms with Crippen LogP contribution in [0.3, 0.4) is 0 Å². The molecule has 0 spiro atoms. The van der Waals surface area contributed by atoms with Crippen molar-refractivity contribution in [1.29, 1.82) is 0 Å². The van der Waals surface area contributed by atoms with E-state index in [1.54, 1.807) is 0 Å². The largest absolute Gasteiger partial charge is 0.481 e. The van der Waals surface area contributed by atoms with Crippen molar-refractivity contribution >= 4 is 23.2 Å². The molecule has 1 saturated heterocycles. The molecule has 0 bridgehead atoms. The number of carboxylic acids is 1. The van der Waals surface area contributed by atoms with Gasteiger partial charge in [0.05, 0.1) is 12.5 Å². The summed E-state index contributed by atoms with van der Waals surface area (Å²) in [5.74, 6) is -0.388. The van der Waals surface area contributed by atoms with Crippen LogP contribution in [-0.4, -0.2) is 30.1 Å². The number of carbonyl (C=O) groups is 2. The van der Waals surface area contributed by atoms with E-state index < -0.39 is 12.0 Å². The van der Waals surface area contributed by atoms with Gasteiger partial charge in [0.25, 0.3) is 0 Å². The van der Waals surface area contributed by atoms with Crippen molar-refractivity contribution in [3.05, 3.63) is 22.4 Å². The Bertz CT molecular complexity index is 441. The zero-order valence-electron chi connectivity index (χ0n) is 11.3. The van der Waals surface area contributed by atoms with Gasteiger partial charge in [0.2, 0.25) is 5.91 Å². The van der Waals surface area contributed by atoms with E-state index in [1.807, 2.05) is 17.5 Å². The molecule has 2 unspecified atom stereocenters. The number of carbonyl (C=O) groups excluding carboxylic acids is 1. The lowest BCUT2D eigenvalue weighted by Gasteiger charge is -2.16. The van der Waals surface area contributed by atoms with E-state index in [0.717, 1.165) is 30.8 Å². The lowest BCUT2D eigenvalue weighted by molar-refractivity contribution is -0.137. The smallest absolute Gasteiger partial charge is 0.305 e. The fourth-order valence-electron chi connectivity index (χ4n) is 2.45. The normalized spacial score (nSPS) is 19.7. The third-order valence-electron chi connectivity index (χ3n) is 3.54. The van der Waals surface area contributed by atoms with Crippen molar-refractivity contribution in [3.63, 3.8) is 0 Å². The highest BCUT2D eigenvalue weighted by atomic mass is 32.1. The van der Waals surface area contributed by atoms with E-state index in [1.165, 1.54) is 11.3 Å². The molecule has 2 heterocycles. The molecule has 1 aromatic rings. The fourth-order valence-corrected chi connectivity index (χ4v) is 3.23. The topological polar surface area (TPSA) is 78.4 Å². The zero-order chi connectivity index (χ0) is 14.4. The molecule has 0 aromatic carbocycles. The first kappa shape index (κ1) is 15.0. The maximum absolute atomic E-state index is 12.0. The summed E-state index contributed by atoms with van der Waals surface area (Å²) >= 11 is 1.47. The van der Waals surface area contributed by atoms with Gasteiger partial charge in [0.1, 0.15) is 0 Å². The molecule has 0 aliphatic carbocycles. The Kier molecular flexibility index (Phi) is 5.55. The van der Waals surface area contributed by atoms with Crippen LogP contribution in [0.25, 0.3) is 0 Å². The molecular formula is C14H20N2O3S. The summed E-state index contributed by atoms with van der Waals surface area (Å²) in [4.78, 5) is 23.8. The number of hydrogen-bond donors (Lipinski definition) is 3. The molecule has 5 nitrogen and oxygen atoms in total. The molecular weight excluding hydrogens is 276 g/mol. The molecule has 0 saturated carbocycles. The summed E-state index contributed by atoms with van der Waals surface area (Å²) in [7, 11) is 0. The summed E-state index contributed by atoms with van der Waals surface area (Å²) in [5.41, 5.74) is 0. The fraction of sp³-hybridized carbons (Fsp3) is 0.571. The Morgan fingerprint density at radius 2 is 2.40 bits per heavy atom. The van der Waals surface area contributed by atoms with Crippen LogP contribution in [0.1, 0.15) is 36.6 Å². The third kappa shape index (κ3) is 4.61. The van der Waals surface area contributed by atoms with E-state index in [9.17, 15) is 9.59 Å². The lowest BCUT2D eigenvalue weighted by atomic mass is 10.0. The van der Waals surface area contributed by atoms with Crippen LogP contribution in [-0.2, 0) is 9.59 Å². The molecule has 2 rings (SSSR count). The second-order valence-corrected chi connectivity index (χ2v) is 6.11. The van der Waals surface area contributed by atoms with Crippen molar-refractivity contribution in [2.45, 2.75) is 31.7 Å². The quantitative estimate of drug-likeness (QED) is 0.716. The Morgan fingerprint density at radius 1 is 1.55 bits per heavy atom. The summed E-state index contributed by atoms with van der Waals surface area (Å²) in [6.07, 6.45) is 2.38. The first-order valence-corrected chi connectivity index (χ1v) is 7.78. The molecule has 20 heavy (non-hydrogen) atoms. The minimum atomic E-state index is -0.899. The van der Waals surface area contributed by atoms with E-state index >= 15 is 0 Å². The van der Waals surface area contributed by atoms with Crippen molar-refractivity contribution < 1.29 is 14.7 Å². The molecule has 6 heteroatoms. The van der Waals surface area contributed by atoms with Crippen molar-refractivity contribution in [3.8, 4) is 0 Å². The van der Waals surface area contributed by atoms with E-state index in [-0.39, 0.29) is 12.3 Å². The van der Waals surface area contributed by atoms with Crippen LogP contribution in [0, 0.1) is 5.92 Å². The molecule has 0 radical (unpaired) electrons. The van der Waals surface area contributed by atoms with Crippen molar-refractivity contribution in [2.24, 2.45) is 5.92 Å². The lowest BCUT2D eigenvalue weighted by Crippen LogP contribution is -2.30. The van der Waals surface area contributed by atoms with Crippen LogP contribution in [0.5, 0.6) is 0 Å². The van der Waals surface area contributed by atoms with Gasteiger partial charge in [-0.05, 0) is 43.3 Å². The van der Waals surface area contributed by atoms with Crippen LogP contribution in [0.15, 0.2) is 17.5 Å². The summed E-state index contributed by atoms with van der Waals surface area (Å²) < 4.78 is 0. The number of aliphatic carboxylic acids is 1. The summed E-state index contributed by atoms with van der Waals surface area (Å²) in [6, 6.07) is 3.31. The molecule has 1 aromatic heterocycles. The average molecular weight is 296 g/mol. The van der Waals surface area contributed by atoms with Crippen LogP contribution in [0.2, 0.25) is 0 Å². The van der Waals surface area contributed by atoms with Gasteiger partial charge in [0.15, 0.2) is 0 Å². The monoisotopic (exact) mass is 296 g/mol. The Hall–Kier alpha value is -1.40. The maximum atomic E-state index is 12.0. The van der Waals surface area contributed by atoms with Gasteiger partial charge in [-0.3, -0.25) is 9.59 Å². The number of thiophene rings is 1. The molecule has 1 aliphatic rings. The van der Waals surface area contributed by atoms with E-state index in [2.05, 4.69) is 10.6 Å². The highest BCUT2D eigenvalue weighted by molar-refractivity contribution is 7.10. The number of hydrogen-bond acceptors (Lipinski definition) is 4. The van der Waals surface area contributed by atoms with Crippen LogP contribution < -0.4 is 10.6 Å².